The van der Waals surface area contributed by atoms with Crippen LogP contribution in [-0.2, 0) is 27.4 Å². The van der Waals surface area contributed by atoms with E-state index in [1.165, 1.54) is 0 Å². The first kappa shape index (κ1) is 19.0. The quantitative estimate of drug-likeness (QED) is 0.797. The molecule has 1 aliphatic heterocycles. The number of benzene rings is 2. The molecule has 2 aromatic carbocycles. The standard InChI is InChI=1S/C21H27NO4/c1-15-18(22-2)19(24-13-16-9-5-3-6-10-16)20(21(23)26-15)25-14-17-11-7-4-8-12-17/h3-12,15,18-23H,13-14H2,1-2H3/t15-,18+,19+,20-,21+/m1/s1. The number of likely N-dealkylation sites (N-methyl/N-ethyl adjacent to an activating group) is 1. The van der Waals surface area contributed by atoms with Crippen molar-refractivity contribution in [1.29, 1.82) is 0 Å². The summed E-state index contributed by atoms with van der Waals surface area (Å²) < 4.78 is 17.9. The van der Waals surface area contributed by atoms with Gasteiger partial charge in [0.1, 0.15) is 12.2 Å². The molecule has 140 valence electrons. The number of ether oxygens (including phenoxy) is 3. The molecule has 0 bridgehead atoms. The Kier molecular flexibility index (Phi) is 6.77. The second kappa shape index (κ2) is 9.26. The maximum atomic E-state index is 10.4. The maximum Gasteiger partial charge on any atom is 0.184 e. The van der Waals surface area contributed by atoms with Crippen molar-refractivity contribution >= 4 is 0 Å². The van der Waals surface area contributed by atoms with Crippen LogP contribution < -0.4 is 5.32 Å². The van der Waals surface area contributed by atoms with Crippen LogP contribution in [0.2, 0.25) is 0 Å². The van der Waals surface area contributed by atoms with Crippen molar-refractivity contribution in [1.82, 2.24) is 5.32 Å². The van der Waals surface area contributed by atoms with E-state index in [1.807, 2.05) is 74.6 Å². The summed E-state index contributed by atoms with van der Waals surface area (Å²) in [5.41, 5.74) is 2.12. The minimum atomic E-state index is -1.03. The summed E-state index contributed by atoms with van der Waals surface area (Å²) in [6.45, 7) is 2.77. The number of rotatable bonds is 7. The molecule has 1 saturated heterocycles. The van der Waals surface area contributed by atoms with Crippen LogP contribution in [0.15, 0.2) is 60.7 Å². The Labute approximate surface area is 154 Å². The van der Waals surface area contributed by atoms with Crippen LogP contribution in [-0.4, -0.2) is 42.8 Å². The summed E-state index contributed by atoms with van der Waals surface area (Å²) in [4.78, 5) is 0. The van der Waals surface area contributed by atoms with Gasteiger partial charge in [-0.25, -0.2) is 0 Å². The monoisotopic (exact) mass is 357 g/mol. The lowest BCUT2D eigenvalue weighted by atomic mass is 9.96. The maximum absolute atomic E-state index is 10.4. The Morgan fingerprint density at radius 1 is 0.885 bits per heavy atom. The van der Waals surface area contributed by atoms with Gasteiger partial charge < -0.3 is 24.6 Å². The molecule has 5 atom stereocenters. The van der Waals surface area contributed by atoms with E-state index >= 15 is 0 Å². The molecule has 0 radical (unpaired) electrons. The van der Waals surface area contributed by atoms with Crippen LogP contribution >= 0.6 is 0 Å². The Morgan fingerprint density at radius 3 is 1.88 bits per heavy atom. The first-order chi connectivity index (χ1) is 12.7. The van der Waals surface area contributed by atoms with Crippen molar-refractivity contribution in [2.24, 2.45) is 0 Å². The van der Waals surface area contributed by atoms with Gasteiger partial charge in [0.2, 0.25) is 0 Å². The molecule has 0 unspecified atom stereocenters. The summed E-state index contributed by atoms with van der Waals surface area (Å²) in [5.74, 6) is 0. The fourth-order valence-corrected chi connectivity index (χ4v) is 3.32. The van der Waals surface area contributed by atoms with Gasteiger partial charge in [-0.3, -0.25) is 0 Å². The molecule has 1 heterocycles. The normalized spacial score (nSPS) is 28.8. The van der Waals surface area contributed by atoms with Gasteiger partial charge in [0.25, 0.3) is 0 Å². The van der Waals surface area contributed by atoms with Gasteiger partial charge in [0.05, 0.1) is 25.4 Å². The van der Waals surface area contributed by atoms with Crippen molar-refractivity contribution in [3.8, 4) is 0 Å². The topological polar surface area (TPSA) is 60.0 Å². The molecule has 2 aromatic rings. The largest absolute Gasteiger partial charge is 0.369 e. The van der Waals surface area contributed by atoms with E-state index in [2.05, 4.69) is 5.32 Å². The molecule has 5 heteroatoms. The minimum absolute atomic E-state index is 0.0807. The zero-order chi connectivity index (χ0) is 18.4. The number of hydrogen-bond donors (Lipinski definition) is 2. The van der Waals surface area contributed by atoms with E-state index < -0.39 is 12.4 Å². The molecule has 0 saturated carbocycles. The molecule has 0 aromatic heterocycles. The molecule has 2 N–H and O–H groups in total. The van der Waals surface area contributed by atoms with E-state index in [-0.39, 0.29) is 18.2 Å². The molecule has 1 fully saturated rings. The molecule has 5 nitrogen and oxygen atoms in total. The lowest BCUT2D eigenvalue weighted by Gasteiger charge is -2.43. The molecule has 0 aliphatic carbocycles. The minimum Gasteiger partial charge on any atom is -0.369 e. The first-order valence-electron chi connectivity index (χ1n) is 9.01. The van der Waals surface area contributed by atoms with E-state index in [1.54, 1.807) is 0 Å². The summed E-state index contributed by atoms with van der Waals surface area (Å²) >= 11 is 0. The van der Waals surface area contributed by atoms with Crippen molar-refractivity contribution in [2.75, 3.05) is 7.05 Å². The highest BCUT2D eigenvalue weighted by Crippen LogP contribution is 2.26. The van der Waals surface area contributed by atoms with Crippen LogP contribution in [0, 0.1) is 0 Å². The third-order valence-electron chi connectivity index (χ3n) is 4.72. The van der Waals surface area contributed by atoms with Crippen LogP contribution in [0.5, 0.6) is 0 Å². The van der Waals surface area contributed by atoms with Crippen LogP contribution in [0.1, 0.15) is 18.1 Å². The summed E-state index contributed by atoms with van der Waals surface area (Å²) in [6, 6.07) is 19.8. The molecule has 0 spiro atoms. The van der Waals surface area contributed by atoms with E-state index in [9.17, 15) is 5.11 Å². The molecule has 26 heavy (non-hydrogen) atoms. The van der Waals surface area contributed by atoms with Gasteiger partial charge in [0, 0.05) is 0 Å². The Morgan fingerprint density at radius 2 is 1.38 bits per heavy atom. The van der Waals surface area contributed by atoms with Gasteiger partial charge in [-0.2, -0.15) is 0 Å². The molecule has 3 rings (SSSR count). The molecular formula is C21H27NO4. The Bertz CT molecular complexity index is 652. The van der Waals surface area contributed by atoms with Crippen molar-refractivity contribution in [3.05, 3.63) is 71.8 Å². The highest BCUT2D eigenvalue weighted by molar-refractivity contribution is 5.14. The number of nitrogens with one attached hydrogen (secondary N) is 1. The van der Waals surface area contributed by atoms with Crippen molar-refractivity contribution in [3.63, 3.8) is 0 Å². The zero-order valence-electron chi connectivity index (χ0n) is 15.2. The highest BCUT2D eigenvalue weighted by atomic mass is 16.7. The van der Waals surface area contributed by atoms with Gasteiger partial charge in [-0.15, -0.1) is 0 Å². The first-order valence-corrected chi connectivity index (χ1v) is 9.01. The molecule has 0 amide bonds. The second-order valence-electron chi connectivity index (χ2n) is 6.57. The van der Waals surface area contributed by atoms with Crippen LogP contribution in [0.3, 0.4) is 0 Å². The highest BCUT2D eigenvalue weighted by Gasteiger charge is 2.44. The molecular weight excluding hydrogens is 330 g/mol. The van der Waals surface area contributed by atoms with E-state index in [0.717, 1.165) is 11.1 Å². The smallest absolute Gasteiger partial charge is 0.184 e. The van der Waals surface area contributed by atoms with Gasteiger partial charge >= 0.3 is 0 Å². The Balaban J connectivity index is 1.71. The summed E-state index contributed by atoms with van der Waals surface area (Å²) in [5, 5.41) is 13.7. The van der Waals surface area contributed by atoms with Crippen LogP contribution in [0.25, 0.3) is 0 Å². The predicted molar refractivity (Wildman–Crippen MR) is 99.4 cm³/mol. The third-order valence-corrected chi connectivity index (χ3v) is 4.72. The number of aliphatic hydroxyl groups is 1. The second-order valence-corrected chi connectivity index (χ2v) is 6.57. The van der Waals surface area contributed by atoms with E-state index in [4.69, 9.17) is 14.2 Å². The molecule has 1 aliphatic rings. The Hall–Kier alpha value is -1.76. The van der Waals surface area contributed by atoms with Gasteiger partial charge in [-0.05, 0) is 25.1 Å². The average molecular weight is 357 g/mol. The summed E-state index contributed by atoms with van der Waals surface area (Å²) in [7, 11) is 1.87. The zero-order valence-corrected chi connectivity index (χ0v) is 15.2. The fraction of sp³-hybridized carbons (Fsp3) is 0.429. The van der Waals surface area contributed by atoms with Gasteiger partial charge in [0.15, 0.2) is 6.29 Å². The third kappa shape index (κ3) is 4.69. The lowest BCUT2D eigenvalue weighted by molar-refractivity contribution is -0.277. The van der Waals surface area contributed by atoms with Gasteiger partial charge in [-0.1, -0.05) is 60.7 Å². The fourth-order valence-electron chi connectivity index (χ4n) is 3.32. The predicted octanol–water partition coefficient (Wildman–Crippen LogP) is 2.48. The van der Waals surface area contributed by atoms with Crippen molar-refractivity contribution < 1.29 is 19.3 Å². The van der Waals surface area contributed by atoms with Crippen molar-refractivity contribution in [2.45, 2.75) is 50.8 Å². The number of hydrogen-bond acceptors (Lipinski definition) is 5. The lowest BCUT2D eigenvalue weighted by Crippen LogP contribution is -2.62. The van der Waals surface area contributed by atoms with Crippen LogP contribution in [0.4, 0.5) is 0 Å². The average Bonchev–Trinajstić information content (AvgIpc) is 2.67. The SMILES string of the molecule is CN[C@@H]1[C@H](OCc2ccccc2)[C@@H](OCc2ccccc2)[C@@H](O)O[C@@H]1C. The van der Waals surface area contributed by atoms with E-state index in [0.29, 0.717) is 13.2 Å². The number of aliphatic hydroxyl groups excluding tert-OH is 1. The summed E-state index contributed by atoms with van der Waals surface area (Å²) in [6.07, 6.45) is -2.12.